The van der Waals surface area contributed by atoms with Crippen molar-refractivity contribution in [1.29, 1.82) is 0 Å². The lowest BCUT2D eigenvalue weighted by atomic mass is 10.2. The summed E-state index contributed by atoms with van der Waals surface area (Å²) in [7, 11) is 0. The van der Waals surface area contributed by atoms with Crippen LogP contribution in [-0.4, -0.2) is 22.8 Å². The molecular formula is C13H15NO2S. The molecule has 90 valence electrons. The minimum absolute atomic E-state index is 0.0777. The lowest BCUT2D eigenvalue weighted by Gasteiger charge is -2.16. The van der Waals surface area contributed by atoms with Crippen molar-refractivity contribution in [3.8, 4) is 0 Å². The average molecular weight is 249 g/mol. The molecule has 0 radical (unpaired) electrons. The molecule has 1 aliphatic heterocycles. The van der Waals surface area contributed by atoms with Crippen LogP contribution in [0.3, 0.4) is 0 Å². The number of hydrogen-bond acceptors (Lipinski definition) is 3. The van der Waals surface area contributed by atoms with Gasteiger partial charge in [0, 0.05) is 30.8 Å². The molecule has 1 heterocycles. The first-order valence-corrected chi connectivity index (χ1v) is 6.48. The number of thioether (sulfide) groups is 1. The molecule has 1 unspecified atom stereocenters. The number of benzene rings is 1. The maximum atomic E-state index is 11.9. The SMILES string of the molecule is CC(=O)SC1CC(=O)N(c2cccc(C)c2)C1. The molecular weight excluding hydrogens is 234 g/mol. The minimum atomic E-state index is 0.0777. The van der Waals surface area contributed by atoms with Gasteiger partial charge in [-0.05, 0) is 24.6 Å². The fourth-order valence-electron chi connectivity index (χ4n) is 2.03. The topological polar surface area (TPSA) is 37.4 Å². The first-order valence-electron chi connectivity index (χ1n) is 5.60. The standard InChI is InChI=1S/C13H15NO2S/c1-9-4-3-5-11(6-9)14-8-12(7-13(14)16)17-10(2)15/h3-6,12H,7-8H2,1-2H3. The Kier molecular flexibility index (Phi) is 3.52. The lowest BCUT2D eigenvalue weighted by Crippen LogP contribution is -2.24. The number of anilines is 1. The van der Waals surface area contributed by atoms with Gasteiger partial charge in [0.1, 0.15) is 0 Å². The molecule has 4 heteroatoms. The van der Waals surface area contributed by atoms with Crippen LogP contribution in [0.2, 0.25) is 0 Å². The zero-order valence-corrected chi connectivity index (χ0v) is 10.8. The second kappa shape index (κ2) is 4.92. The second-order valence-corrected chi connectivity index (χ2v) is 5.76. The Morgan fingerprint density at radius 3 is 2.88 bits per heavy atom. The third-order valence-electron chi connectivity index (χ3n) is 2.74. The highest BCUT2D eigenvalue weighted by atomic mass is 32.2. The van der Waals surface area contributed by atoms with Crippen LogP contribution in [0.5, 0.6) is 0 Å². The van der Waals surface area contributed by atoms with Crippen molar-refractivity contribution < 1.29 is 9.59 Å². The van der Waals surface area contributed by atoms with Gasteiger partial charge in [0.15, 0.2) is 5.12 Å². The van der Waals surface area contributed by atoms with E-state index in [4.69, 9.17) is 0 Å². The van der Waals surface area contributed by atoms with Gasteiger partial charge < -0.3 is 4.90 Å². The van der Waals surface area contributed by atoms with Gasteiger partial charge >= 0.3 is 0 Å². The molecule has 1 saturated heterocycles. The highest BCUT2D eigenvalue weighted by Crippen LogP contribution is 2.28. The Morgan fingerprint density at radius 1 is 1.47 bits per heavy atom. The quantitative estimate of drug-likeness (QED) is 0.807. The summed E-state index contributed by atoms with van der Waals surface area (Å²) in [6.45, 7) is 4.18. The number of rotatable bonds is 2. The third kappa shape index (κ3) is 2.88. The second-order valence-electron chi connectivity index (χ2n) is 4.28. The first kappa shape index (κ1) is 12.2. The summed E-state index contributed by atoms with van der Waals surface area (Å²) >= 11 is 1.27. The van der Waals surface area contributed by atoms with E-state index in [1.54, 1.807) is 11.8 Å². The molecule has 1 aromatic rings. The average Bonchev–Trinajstić information content (AvgIpc) is 2.58. The summed E-state index contributed by atoms with van der Waals surface area (Å²) in [5.41, 5.74) is 2.07. The Hall–Kier alpha value is -1.29. The predicted octanol–water partition coefficient (Wildman–Crippen LogP) is 2.38. The maximum Gasteiger partial charge on any atom is 0.228 e. The summed E-state index contributed by atoms with van der Waals surface area (Å²) in [4.78, 5) is 24.7. The number of carbonyl (C=O) groups excluding carboxylic acids is 2. The summed E-state index contributed by atoms with van der Waals surface area (Å²) < 4.78 is 0. The van der Waals surface area contributed by atoms with E-state index in [1.165, 1.54) is 11.8 Å². The Morgan fingerprint density at radius 2 is 2.24 bits per heavy atom. The van der Waals surface area contributed by atoms with Gasteiger partial charge in [-0.3, -0.25) is 9.59 Å². The van der Waals surface area contributed by atoms with Gasteiger partial charge in [0.05, 0.1) is 0 Å². The largest absolute Gasteiger partial charge is 0.311 e. The summed E-state index contributed by atoms with van der Waals surface area (Å²) in [6.07, 6.45) is 0.457. The molecule has 3 nitrogen and oxygen atoms in total. The zero-order valence-electron chi connectivity index (χ0n) is 9.97. The lowest BCUT2D eigenvalue weighted by molar-refractivity contribution is -0.117. The van der Waals surface area contributed by atoms with Crippen LogP contribution >= 0.6 is 11.8 Å². The first-order chi connectivity index (χ1) is 8.06. The van der Waals surface area contributed by atoms with Crippen LogP contribution in [0.1, 0.15) is 18.9 Å². The van der Waals surface area contributed by atoms with Crippen LogP contribution < -0.4 is 4.90 Å². The molecule has 0 saturated carbocycles. The highest BCUT2D eigenvalue weighted by molar-refractivity contribution is 8.14. The molecule has 1 atom stereocenters. The minimum Gasteiger partial charge on any atom is -0.311 e. The van der Waals surface area contributed by atoms with Gasteiger partial charge in [-0.25, -0.2) is 0 Å². The molecule has 0 bridgehead atoms. The van der Waals surface area contributed by atoms with Crippen molar-refractivity contribution in [1.82, 2.24) is 0 Å². The van der Waals surface area contributed by atoms with Crippen LogP contribution in [0.25, 0.3) is 0 Å². The highest BCUT2D eigenvalue weighted by Gasteiger charge is 2.31. The van der Waals surface area contributed by atoms with E-state index in [9.17, 15) is 9.59 Å². The van der Waals surface area contributed by atoms with Crippen LogP contribution in [-0.2, 0) is 9.59 Å². The Balaban J connectivity index is 2.13. The van der Waals surface area contributed by atoms with E-state index in [0.29, 0.717) is 13.0 Å². The van der Waals surface area contributed by atoms with Crippen molar-refractivity contribution in [3.63, 3.8) is 0 Å². The number of nitrogens with zero attached hydrogens (tertiary/aromatic N) is 1. The summed E-state index contributed by atoms with van der Waals surface area (Å²) in [5, 5.41) is 0.175. The number of carbonyl (C=O) groups is 2. The molecule has 1 aromatic carbocycles. The van der Waals surface area contributed by atoms with Crippen LogP contribution in [0.15, 0.2) is 24.3 Å². The molecule has 0 N–H and O–H groups in total. The fraction of sp³-hybridized carbons (Fsp3) is 0.385. The maximum absolute atomic E-state index is 11.9. The fourth-order valence-corrected chi connectivity index (χ4v) is 2.95. The molecule has 0 aliphatic carbocycles. The van der Waals surface area contributed by atoms with Gasteiger partial charge in [0.25, 0.3) is 0 Å². The molecule has 1 fully saturated rings. The Bertz CT molecular complexity index is 458. The van der Waals surface area contributed by atoms with Gasteiger partial charge in [0.2, 0.25) is 5.91 Å². The van der Waals surface area contributed by atoms with Gasteiger partial charge in [-0.1, -0.05) is 23.9 Å². The van der Waals surface area contributed by atoms with E-state index >= 15 is 0 Å². The monoisotopic (exact) mass is 249 g/mol. The number of amides is 1. The molecule has 2 rings (SSSR count). The normalized spacial score (nSPS) is 19.8. The predicted molar refractivity (Wildman–Crippen MR) is 70.2 cm³/mol. The van der Waals surface area contributed by atoms with Crippen LogP contribution in [0, 0.1) is 6.92 Å². The van der Waals surface area contributed by atoms with Crippen molar-refractivity contribution in [3.05, 3.63) is 29.8 Å². The summed E-state index contributed by atoms with van der Waals surface area (Å²) in [6, 6.07) is 7.89. The smallest absolute Gasteiger partial charge is 0.228 e. The van der Waals surface area contributed by atoms with Crippen molar-refractivity contribution in [2.75, 3.05) is 11.4 Å². The van der Waals surface area contributed by atoms with Crippen molar-refractivity contribution in [2.24, 2.45) is 0 Å². The van der Waals surface area contributed by atoms with E-state index in [2.05, 4.69) is 0 Å². The molecule has 1 amide bonds. The van der Waals surface area contributed by atoms with Gasteiger partial charge in [-0.15, -0.1) is 0 Å². The Labute approximate surface area is 105 Å². The molecule has 0 spiro atoms. The number of hydrogen-bond donors (Lipinski definition) is 0. The molecule has 1 aliphatic rings. The van der Waals surface area contributed by atoms with Gasteiger partial charge in [-0.2, -0.15) is 0 Å². The van der Waals surface area contributed by atoms with E-state index in [0.717, 1.165) is 11.3 Å². The van der Waals surface area contributed by atoms with Crippen molar-refractivity contribution in [2.45, 2.75) is 25.5 Å². The van der Waals surface area contributed by atoms with E-state index < -0.39 is 0 Å². The van der Waals surface area contributed by atoms with E-state index in [-0.39, 0.29) is 16.3 Å². The molecule has 0 aromatic heterocycles. The van der Waals surface area contributed by atoms with Crippen LogP contribution in [0.4, 0.5) is 5.69 Å². The zero-order chi connectivity index (χ0) is 12.4. The molecule has 17 heavy (non-hydrogen) atoms. The number of aryl methyl sites for hydroxylation is 1. The van der Waals surface area contributed by atoms with E-state index in [1.807, 2.05) is 31.2 Å². The van der Waals surface area contributed by atoms with Crippen molar-refractivity contribution >= 4 is 28.5 Å². The third-order valence-corrected chi connectivity index (χ3v) is 3.72. The summed E-state index contributed by atoms with van der Waals surface area (Å²) in [5.74, 6) is 0.106.